The molecule has 6 aliphatic carbocycles. The molecule has 6 aliphatic rings. The molecule has 154 valence electrons. The first kappa shape index (κ1) is 17.9. The van der Waals surface area contributed by atoms with E-state index in [4.69, 9.17) is 4.74 Å². The fraction of sp³-hybridized carbons (Fsp3) is 0.708. The summed E-state index contributed by atoms with van der Waals surface area (Å²) in [7, 11) is 0. The third-order valence-corrected chi connectivity index (χ3v) is 8.51. The van der Waals surface area contributed by atoms with Crippen LogP contribution in [0.2, 0.25) is 0 Å². The number of pyridine rings is 1. The van der Waals surface area contributed by atoms with Gasteiger partial charge in [0, 0.05) is 25.8 Å². The number of ketones is 1. The molecule has 0 radical (unpaired) electrons. The van der Waals surface area contributed by atoms with Gasteiger partial charge in [0.2, 0.25) is 0 Å². The maximum Gasteiger partial charge on any atom is 0.303 e. The Morgan fingerprint density at radius 2 is 1.72 bits per heavy atom. The van der Waals surface area contributed by atoms with Crippen LogP contribution in [0.4, 0.5) is 5.69 Å². The molecule has 0 aliphatic heterocycles. The summed E-state index contributed by atoms with van der Waals surface area (Å²) in [4.78, 5) is 28.7. The molecule has 4 atom stereocenters. The summed E-state index contributed by atoms with van der Waals surface area (Å²) in [6.45, 7) is 3.19. The topological polar surface area (TPSA) is 68.3 Å². The van der Waals surface area contributed by atoms with Gasteiger partial charge in [-0.05, 0) is 86.2 Å². The summed E-state index contributed by atoms with van der Waals surface area (Å²) in [5.74, 6) is 2.28. The van der Waals surface area contributed by atoms with Crippen LogP contribution in [0.1, 0.15) is 105 Å². The number of fused-ring (bicyclic) bond motifs is 5. The van der Waals surface area contributed by atoms with Crippen LogP contribution in [0.25, 0.3) is 0 Å². The lowest BCUT2D eigenvalue weighted by atomic mass is 9.51. The molecule has 1 aromatic heterocycles. The first-order valence-electron chi connectivity index (χ1n) is 11.4. The van der Waals surface area contributed by atoms with Crippen LogP contribution in [0.3, 0.4) is 0 Å². The van der Waals surface area contributed by atoms with E-state index in [1.54, 1.807) is 13.8 Å². The van der Waals surface area contributed by atoms with Crippen LogP contribution in [0.5, 0.6) is 0 Å². The van der Waals surface area contributed by atoms with Crippen molar-refractivity contribution in [2.75, 3.05) is 5.32 Å². The van der Waals surface area contributed by atoms with Crippen molar-refractivity contribution in [3.05, 3.63) is 23.0 Å². The van der Waals surface area contributed by atoms with Crippen molar-refractivity contribution in [1.82, 2.24) is 4.98 Å². The zero-order chi connectivity index (χ0) is 20.0. The Bertz CT molecular complexity index is 909. The van der Waals surface area contributed by atoms with E-state index in [-0.39, 0.29) is 22.9 Å². The van der Waals surface area contributed by atoms with Crippen LogP contribution < -0.4 is 5.32 Å². The molecule has 5 fully saturated rings. The van der Waals surface area contributed by atoms with Gasteiger partial charge in [-0.15, -0.1) is 0 Å². The van der Waals surface area contributed by atoms with Crippen molar-refractivity contribution in [1.29, 1.82) is 0 Å². The SMILES string of the molecule is CC(=O)OC12CC3CC(CC(Nc4cnc(C(C)=O)c5c4C4CCC5C4)(C3)C1)C2. The molecule has 1 heterocycles. The Labute approximate surface area is 172 Å². The van der Waals surface area contributed by atoms with Gasteiger partial charge in [0.05, 0.1) is 11.9 Å². The summed E-state index contributed by atoms with van der Waals surface area (Å²) in [5, 5.41) is 3.97. The highest BCUT2D eigenvalue weighted by Crippen LogP contribution is 2.61. The normalized spacial score (nSPS) is 40.8. The second-order valence-corrected chi connectivity index (χ2v) is 10.8. The van der Waals surface area contributed by atoms with Gasteiger partial charge < -0.3 is 10.1 Å². The second-order valence-electron chi connectivity index (χ2n) is 10.8. The van der Waals surface area contributed by atoms with E-state index < -0.39 is 0 Å². The molecule has 29 heavy (non-hydrogen) atoms. The number of hydrogen-bond acceptors (Lipinski definition) is 5. The van der Waals surface area contributed by atoms with Gasteiger partial charge >= 0.3 is 5.97 Å². The minimum Gasteiger partial charge on any atom is -0.459 e. The molecule has 6 bridgehead atoms. The van der Waals surface area contributed by atoms with Crippen LogP contribution >= 0.6 is 0 Å². The zero-order valence-corrected chi connectivity index (χ0v) is 17.4. The number of nitrogens with one attached hydrogen (secondary N) is 1. The number of esters is 1. The first-order valence-corrected chi connectivity index (χ1v) is 11.4. The van der Waals surface area contributed by atoms with Crippen molar-refractivity contribution in [2.24, 2.45) is 11.8 Å². The average molecular weight is 395 g/mol. The van der Waals surface area contributed by atoms with Gasteiger partial charge in [-0.1, -0.05) is 0 Å². The summed E-state index contributed by atoms with van der Waals surface area (Å²) in [6, 6.07) is 0. The van der Waals surface area contributed by atoms with Crippen molar-refractivity contribution in [3.8, 4) is 0 Å². The highest BCUT2D eigenvalue weighted by Gasteiger charge is 2.60. The Morgan fingerprint density at radius 3 is 2.38 bits per heavy atom. The highest BCUT2D eigenvalue weighted by molar-refractivity contribution is 5.95. The first-order chi connectivity index (χ1) is 13.9. The predicted molar refractivity (Wildman–Crippen MR) is 109 cm³/mol. The summed E-state index contributed by atoms with van der Waals surface area (Å²) in [5.41, 5.74) is 4.17. The maximum absolute atomic E-state index is 12.2. The van der Waals surface area contributed by atoms with Crippen molar-refractivity contribution >= 4 is 17.4 Å². The molecule has 0 aromatic carbocycles. The number of hydrogen-bond donors (Lipinski definition) is 1. The van der Waals surface area contributed by atoms with E-state index in [0.29, 0.717) is 29.4 Å². The van der Waals surface area contributed by atoms with Crippen LogP contribution in [0, 0.1) is 11.8 Å². The van der Waals surface area contributed by atoms with Crippen molar-refractivity contribution in [2.45, 2.75) is 94.6 Å². The van der Waals surface area contributed by atoms with Crippen molar-refractivity contribution in [3.63, 3.8) is 0 Å². The second kappa shape index (κ2) is 5.83. The molecule has 7 rings (SSSR count). The van der Waals surface area contributed by atoms with Gasteiger partial charge in [0.1, 0.15) is 11.3 Å². The molecule has 5 nitrogen and oxygen atoms in total. The van der Waals surface area contributed by atoms with E-state index >= 15 is 0 Å². The van der Waals surface area contributed by atoms with E-state index in [2.05, 4.69) is 10.3 Å². The Morgan fingerprint density at radius 1 is 1.03 bits per heavy atom. The third-order valence-electron chi connectivity index (χ3n) is 8.51. The molecule has 1 N–H and O–H groups in total. The van der Waals surface area contributed by atoms with Crippen LogP contribution in [-0.2, 0) is 9.53 Å². The average Bonchev–Trinajstić information content (AvgIpc) is 3.21. The minimum atomic E-state index is -0.280. The minimum absolute atomic E-state index is 0.00540. The maximum atomic E-state index is 12.2. The lowest BCUT2D eigenvalue weighted by Gasteiger charge is -2.61. The molecule has 0 saturated heterocycles. The van der Waals surface area contributed by atoms with E-state index in [1.165, 1.54) is 36.8 Å². The number of nitrogens with zero attached hydrogens (tertiary/aromatic N) is 1. The van der Waals surface area contributed by atoms with E-state index in [0.717, 1.165) is 37.8 Å². The van der Waals surface area contributed by atoms with Crippen LogP contribution in [0.15, 0.2) is 6.20 Å². The quantitative estimate of drug-likeness (QED) is 0.591. The predicted octanol–water partition coefficient (Wildman–Crippen LogP) is 4.72. The van der Waals surface area contributed by atoms with E-state index in [9.17, 15) is 9.59 Å². The molecule has 1 aromatic rings. The number of carbonyl (C=O) groups excluding carboxylic acids is 2. The van der Waals surface area contributed by atoms with Gasteiger partial charge in [-0.3, -0.25) is 14.6 Å². The fourth-order valence-corrected chi connectivity index (χ4v) is 8.31. The molecular formula is C24H30N2O3. The number of carbonyl (C=O) groups is 2. The van der Waals surface area contributed by atoms with Crippen LogP contribution in [-0.4, -0.2) is 27.9 Å². The van der Waals surface area contributed by atoms with Gasteiger partial charge in [-0.2, -0.15) is 0 Å². The number of anilines is 1. The lowest BCUT2D eigenvalue weighted by molar-refractivity contribution is -0.185. The van der Waals surface area contributed by atoms with Gasteiger partial charge in [-0.25, -0.2) is 0 Å². The fourth-order valence-electron chi connectivity index (χ4n) is 8.31. The highest BCUT2D eigenvalue weighted by atomic mass is 16.6. The van der Waals surface area contributed by atoms with Gasteiger partial charge in [0.25, 0.3) is 0 Å². The molecule has 0 amide bonds. The summed E-state index contributed by atoms with van der Waals surface area (Å²) < 4.78 is 5.97. The number of rotatable bonds is 4. The largest absolute Gasteiger partial charge is 0.459 e. The monoisotopic (exact) mass is 394 g/mol. The third kappa shape index (κ3) is 2.62. The number of Topliss-reactive ketones (excluding diaryl/α,β-unsaturated/α-hetero) is 1. The smallest absolute Gasteiger partial charge is 0.303 e. The number of aromatic nitrogens is 1. The Hall–Kier alpha value is -1.91. The Kier molecular flexibility index (Phi) is 3.60. The molecule has 5 heteroatoms. The summed E-state index contributed by atoms with van der Waals surface area (Å²) >= 11 is 0. The van der Waals surface area contributed by atoms with Crippen molar-refractivity contribution < 1.29 is 14.3 Å². The lowest BCUT2D eigenvalue weighted by Crippen LogP contribution is -2.63. The molecule has 4 unspecified atom stereocenters. The number of ether oxygens (including phenoxy) is 1. The standard InChI is InChI=1S/C24H30N2O3/c1-13(27)22-21-18-4-3-17(6-18)20(21)19(11-25-22)26-23-7-15-5-16(8-23)10-24(9-15,12-23)29-14(2)28/h11,15-18,26H,3-10,12H2,1-2H3. The molecule has 0 spiro atoms. The molecular weight excluding hydrogens is 364 g/mol. The Balaban J connectivity index is 1.38. The van der Waals surface area contributed by atoms with Gasteiger partial charge in [0.15, 0.2) is 5.78 Å². The summed E-state index contributed by atoms with van der Waals surface area (Å²) in [6.07, 6.45) is 12.1. The molecule has 5 saturated carbocycles. The zero-order valence-electron chi connectivity index (χ0n) is 17.4. The van der Waals surface area contributed by atoms with E-state index in [1.807, 2.05) is 6.20 Å².